The van der Waals surface area contributed by atoms with E-state index in [1.54, 1.807) is 13.8 Å². The summed E-state index contributed by atoms with van der Waals surface area (Å²) in [4.78, 5) is 38.3. The van der Waals surface area contributed by atoms with E-state index in [1.165, 1.54) is 9.80 Å². The van der Waals surface area contributed by atoms with Crippen LogP contribution >= 0.6 is 0 Å². The monoisotopic (exact) mass is 269 g/mol. The highest BCUT2D eigenvalue weighted by Crippen LogP contribution is 2.30. The second kappa shape index (κ2) is 4.71. The van der Waals surface area contributed by atoms with E-state index in [-0.39, 0.29) is 11.9 Å². The van der Waals surface area contributed by atoms with Crippen molar-refractivity contribution in [2.45, 2.75) is 38.3 Å². The molecular formula is C12H19N3O4. The Hall–Kier alpha value is -1.79. The zero-order chi connectivity index (χ0) is 14.2. The number of nitrogens with one attached hydrogen (secondary N) is 1. The molecule has 0 aliphatic carbocycles. The van der Waals surface area contributed by atoms with Crippen LogP contribution in [0.3, 0.4) is 0 Å². The number of aliphatic carboxylic acids is 1. The van der Waals surface area contributed by atoms with E-state index in [0.717, 1.165) is 0 Å². The number of carbonyl (C=O) groups is 3. The standard InChI is InChI=1S/C12H19N3O4/c1-8-9(16)13-5-7-14(8)11(19)15-6-3-4-12(15,2)10(17)18/h8H,3-7H2,1-2H3,(H,13,16)(H,17,18). The number of carboxylic acids is 1. The molecule has 2 aliphatic heterocycles. The summed E-state index contributed by atoms with van der Waals surface area (Å²) < 4.78 is 0. The molecule has 2 fully saturated rings. The number of piperazine rings is 1. The topological polar surface area (TPSA) is 90.0 Å². The molecule has 2 unspecified atom stereocenters. The second-order valence-corrected chi connectivity index (χ2v) is 5.28. The summed E-state index contributed by atoms with van der Waals surface area (Å²) in [6.45, 7) is 4.46. The molecule has 7 nitrogen and oxygen atoms in total. The van der Waals surface area contributed by atoms with E-state index in [9.17, 15) is 19.5 Å². The quantitative estimate of drug-likeness (QED) is 0.693. The lowest BCUT2D eigenvalue weighted by molar-refractivity contribution is -0.147. The first-order valence-electron chi connectivity index (χ1n) is 6.47. The van der Waals surface area contributed by atoms with Gasteiger partial charge in [-0.25, -0.2) is 9.59 Å². The lowest BCUT2D eigenvalue weighted by atomic mass is 9.99. The van der Waals surface area contributed by atoms with Gasteiger partial charge < -0.3 is 20.2 Å². The van der Waals surface area contributed by atoms with Gasteiger partial charge in [-0.2, -0.15) is 0 Å². The summed E-state index contributed by atoms with van der Waals surface area (Å²) in [5.74, 6) is -1.19. The number of nitrogens with zero attached hydrogens (tertiary/aromatic N) is 2. The van der Waals surface area contributed by atoms with E-state index in [0.29, 0.717) is 32.5 Å². The largest absolute Gasteiger partial charge is 0.480 e. The van der Waals surface area contributed by atoms with Crippen LogP contribution < -0.4 is 5.32 Å². The van der Waals surface area contributed by atoms with E-state index >= 15 is 0 Å². The summed E-state index contributed by atoms with van der Waals surface area (Å²) in [6.07, 6.45) is 1.12. The second-order valence-electron chi connectivity index (χ2n) is 5.28. The Labute approximate surface area is 111 Å². The first kappa shape index (κ1) is 13.6. The number of amides is 3. The molecule has 2 heterocycles. The average Bonchev–Trinajstić information content (AvgIpc) is 2.75. The molecule has 2 N–H and O–H groups in total. The van der Waals surface area contributed by atoms with Crippen LogP contribution in [0.4, 0.5) is 4.79 Å². The van der Waals surface area contributed by atoms with Crippen LogP contribution in [0, 0.1) is 0 Å². The number of likely N-dealkylation sites (tertiary alicyclic amines) is 1. The van der Waals surface area contributed by atoms with Gasteiger partial charge >= 0.3 is 12.0 Å². The summed E-state index contributed by atoms with van der Waals surface area (Å²) in [5, 5.41) is 12.0. The maximum Gasteiger partial charge on any atom is 0.329 e. The lowest BCUT2D eigenvalue weighted by Crippen LogP contribution is -2.62. The molecule has 3 amide bonds. The maximum atomic E-state index is 12.5. The Kier molecular flexibility index (Phi) is 3.38. The molecule has 0 spiro atoms. The number of urea groups is 1. The highest BCUT2D eigenvalue weighted by atomic mass is 16.4. The van der Waals surface area contributed by atoms with E-state index < -0.39 is 17.6 Å². The first-order valence-corrected chi connectivity index (χ1v) is 6.47. The molecule has 0 aromatic carbocycles. The summed E-state index contributed by atoms with van der Waals surface area (Å²) in [6, 6.07) is -0.912. The van der Waals surface area contributed by atoms with Crippen molar-refractivity contribution in [3.8, 4) is 0 Å². The third kappa shape index (κ3) is 2.13. The number of carboxylic acid groups (broad SMARTS) is 1. The molecule has 106 valence electrons. The van der Waals surface area contributed by atoms with Gasteiger partial charge in [-0.1, -0.05) is 0 Å². The molecule has 2 atom stereocenters. The van der Waals surface area contributed by atoms with Crippen molar-refractivity contribution >= 4 is 17.9 Å². The predicted molar refractivity (Wildman–Crippen MR) is 66.6 cm³/mol. The zero-order valence-electron chi connectivity index (χ0n) is 11.2. The highest BCUT2D eigenvalue weighted by Gasteiger charge is 2.48. The summed E-state index contributed by atoms with van der Waals surface area (Å²) in [5.41, 5.74) is -1.16. The molecule has 0 aromatic rings. The molecule has 0 radical (unpaired) electrons. The number of hydrogen-bond acceptors (Lipinski definition) is 3. The number of hydrogen-bond donors (Lipinski definition) is 2. The SMILES string of the molecule is CC1C(=O)NCCN1C(=O)N1CCCC1(C)C(=O)O. The van der Waals surface area contributed by atoms with Gasteiger partial charge in [0.1, 0.15) is 11.6 Å². The minimum Gasteiger partial charge on any atom is -0.480 e. The van der Waals surface area contributed by atoms with Gasteiger partial charge in [0.05, 0.1) is 0 Å². The molecule has 7 heteroatoms. The van der Waals surface area contributed by atoms with Gasteiger partial charge in [-0.3, -0.25) is 4.79 Å². The van der Waals surface area contributed by atoms with Gasteiger partial charge in [0.25, 0.3) is 0 Å². The van der Waals surface area contributed by atoms with Crippen molar-refractivity contribution in [1.29, 1.82) is 0 Å². The molecule has 0 bridgehead atoms. The van der Waals surface area contributed by atoms with Gasteiger partial charge in [0, 0.05) is 19.6 Å². The van der Waals surface area contributed by atoms with E-state index in [2.05, 4.69) is 5.32 Å². The van der Waals surface area contributed by atoms with Crippen molar-refractivity contribution in [3.63, 3.8) is 0 Å². The molecule has 2 rings (SSSR count). The third-order valence-electron chi connectivity index (χ3n) is 4.08. The fourth-order valence-corrected chi connectivity index (χ4v) is 2.69. The third-order valence-corrected chi connectivity index (χ3v) is 4.08. The first-order chi connectivity index (χ1) is 8.88. The van der Waals surface area contributed by atoms with Crippen molar-refractivity contribution < 1.29 is 19.5 Å². The minimum atomic E-state index is -1.16. The Morgan fingerprint density at radius 3 is 2.74 bits per heavy atom. The summed E-state index contributed by atoms with van der Waals surface area (Å²) in [7, 11) is 0. The average molecular weight is 269 g/mol. The Morgan fingerprint density at radius 1 is 1.42 bits per heavy atom. The zero-order valence-corrected chi connectivity index (χ0v) is 11.2. The van der Waals surface area contributed by atoms with Crippen LogP contribution in [0.1, 0.15) is 26.7 Å². The van der Waals surface area contributed by atoms with Crippen LogP contribution in [0.25, 0.3) is 0 Å². The minimum absolute atomic E-state index is 0.198. The van der Waals surface area contributed by atoms with Crippen LogP contribution in [-0.4, -0.2) is 64.0 Å². The lowest BCUT2D eigenvalue weighted by Gasteiger charge is -2.39. The van der Waals surface area contributed by atoms with Gasteiger partial charge in [-0.15, -0.1) is 0 Å². The van der Waals surface area contributed by atoms with Crippen molar-refractivity contribution in [1.82, 2.24) is 15.1 Å². The Morgan fingerprint density at radius 2 is 2.11 bits per heavy atom. The van der Waals surface area contributed by atoms with Crippen molar-refractivity contribution in [2.24, 2.45) is 0 Å². The van der Waals surface area contributed by atoms with Gasteiger partial charge in [0.15, 0.2) is 0 Å². The number of carbonyl (C=O) groups excluding carboxylic acids is 2. The molecular weight excluding hydrogens is 250 g/mol. The molecule has 0 aromatic heterocycles. The van der Waals surface area contributed by atoms with E-state index in [4.69, 9.17) is 0 Å². The summed E-state index contributed by atoms with van der Waals surface area (Å²) >= 11 is 0. The molecule has 2 aliphatic rings. The fourth-order valence-electron chi connectivity index (χ4n) is 2.69. The normalized spacial score (nSPS) is 31.3. The predicted octanol–water partition coefficient (Wildman–Crippen LogP) is -0.134. The Bertz CT molecular complexity index is 425. The molecule has 0 saturated carbocycles. The number of rotatable bonds is 1. The fraction of sp³-hybridized carbons (Fsp3) is 0.750. The maximum absolute atomic E-state index is 12.5. The van der Waals surface area contributed by atoms with Crippen molar-refractivity contribution in [3.05, 3.63) is 0 Å². The van der Waals surface area contributed by atoms with Crippen LogP contribution in [0.2, 0.25) is 0 Å². The van der Waals surface area contributed by atoms with Gasteiger partial charge in [-0.05, 0) is 26.7 Å². The van der Waals surface area contributed by atoms with Crippen LogP contribution in [0.15, 0.2) is 0 Å². The van der Waals surface area contributed by atoms with E-state index in [1.807, 2.05) is 0 Å². The van der Waals surface area contributed by atoms with Crippen molar-refractivity contribution in [2.75, 3.05) is 19.6 Å². The van der Waals surface area contributed by atoms with Gasteiger partial charge in [0.2, 0.25) is 5.91 Å². The molecule has 19 heavy (non-hydrogen) atoms. The van der Waals surface area contributed by atoms with Crippen LogP contribution in [-0.2, 0) is 9.59 Å². The smallest absolute Gasteiger partial charge is 0.329 e. The molecule has 2 saturated heterocycles. The Balaban J connectivity index is 2.19. The highest BCUT2D eigenvalue weighted by molar-refractivity contribution is 5.91. The van der Waals surface area contributed by atoms with Crippen LogP contribution in [0.5, 0.6) is 0 Å².